The molecule has 0 atom stereocenters. The number of hydrogen-bond acceptors (Lipinski definition) is 3. The highest BCUT2D eigenvalue weighted by Gasteiger charge is 2.24. The van der Waals surface area contributed by atoms with E-state index in [4.69, 9.17) is 0 Å². The number of nitrogens with zero attached hydrogens (tertiary/aromatic N) is 1. The maximum Gasteiger partial charge on any atom is 0.225 e. The molecule has 3 nitrogen and oxygen atoms in total. The monoisotopic (exact) mass is 167 g/mol. The van der Waals surface area contributed by atoms with Gasteiger partial charge in [0.2, 0.25) is 5.78 Å². The summed E-state index contributed by atoms with van der Waals surface area (Å²) in [7, 11) is 3.70. The van der Waals surface area contributed by atoms with Crippen LogP contribution in [0.25, 0.3) is 0 Å². The van der Waals surface area contributed by atoms with E-state index in [0.29, 0.717) is 12.0 Å². The standard InChI is InChI=1S/C9H13NO2/c1-6-4-7(5-10(2)3)9(12)8(6)11/h5,11H,4H2,1-3H3. The lowest BCUT2D eigenvalue weighted by Gasteiger charge is -2.05. The molecule has 0 aromatic carbocycles. The van der Waals surface area contributed by atoms with Gasteiger partial charge < -0.3 is 10.0 Å². The van der Waals surface area contributed by atoms with E-state index in [1.807, 2.05) is 14.1 Å². The number of carbonyl (C=O) groups is 1. The zero-order valence-corrected chi connectivity index (χ0v) is 7.59. The van der Waals surface area contributed by atoms with Crippen LogP contribution in [0.3, 0.4) is 0 Å². The Balaban J connectivity index is 2.87. The van der Waals surface area contributed by atoms with Gasteiger partial charge in [-0.15, -0.1) is 0 Å². The van der Waals surface area contributed by atoms with E-state index in [1.54, 1.807) is 18.0 Å². The molecule has 0 aromatic heterocycles. The number of rotatable bonds is 1. The maximum atomic E-state index is 11.2. The van der Waals surface area contributed by atoms with Gasteiger partial charge in [0.05, 0.1) is 0 Å². The molecule has 0 unspecified atom stereocenters. The third-order valence-corrected chi connectivity index (χ3v) is 1.78. The number of aliphatic hydroxyl groups excluding tert-OH is 1. The quantitative estimate of drug-likeness (QED) is 0.597. The molecule has 0 spiro atoms. The largest absolute Gasteiger partial charge is 0.504 e. The van der Waals surface area contributed by atoms with E-state index < -0.39 is 0 Å². The molecule has 1 aliphatic rings. The van der Waals surface area contributed by atoms with Crippen LogP contribution >= 0.6 is 0 Å². The summed E-state index contributed by atoms with van der Waals surface area (Å²) >= 11 is 0. The molecule has 0 bridgehead atoms. The molecule has 0 saturated heterocycles. The molecule has 0 aliphatic heterocycles. The lowest BCUT2D eigenvalue weighted by Crippen LogP contribution is -2.06. The molecule has 66 valence electrons. The Morgan fingerprint density at radius 1 is 1.50 bits per heavy atom. The number of aliphatic hydroxyl groups is 1. The van der Waals surface area contributed by atoms with Gasteiger partial charge in [0, 0.05) is 32.3 Å². The first-order chi connectivity index (χ1) is 5.52. The van der Waals surface area contributed by atoms with Crippen molar-refractivity contribution < 1.29 is 9.90 Å². The molecule has 0 amide bonds. The number of carbonyl (C=O) groups excluding carboxylic acids is 1. The Morgan fingerprint density at radius 2 is 2.08 bits per heavy atom. The Morgan fingerprint density at radius 3 is 2.42 bits per heavy atom. The van der Waals surface area contributed by atoms with Gasteiger partial charge in [-0.05, 0) is 12.5 Å². The van der Waals surface area contributed by atoms with Crippen LogP contribution in [0.4, 0.5) is 0 Å². The molecular formula is C9H13NO2. The fourth-order valence-electron chi connectivity index (χ4n) is 1.21. The predicted molar refractivity (Wildman–Crippen MR) is 46.7 cm³/mol. The molecule has 1 rings (SSSR count). The minimum absolute atomic E-state index is 0.0805. The lowest BCUT2D eigenvalue weighted by atomic mass is 10.2. The van der Waals surface area contributed by atoms with Crippen LogP contribution in [0.1, 0.15) is 13.3 Å². The molecule has 0 fully saturated rings. The second-order valence-electron chi connectivity index (χ2n) is 3.25. The molecular weight excluding hydrogens is 154 g/mol. The summed E-state index contributed by atoms with van der Waals surface area (Å²) in [6.07, 6.45) is 2.32. The van der Waals surface area contributed by atoms with Crippen LogP contribution in [-0.2, 0) is 4.79 Å². The fourth-order valence-corrected chi connectivity index (χ4v) is 1.21. The summed E-state index contributed by atoms with van der Waals surface area (Å²) < 4.78 is 0. The molecule has 3 heteroatoms. The molecule has 0 radical (unpaired) electrons. The highest BCUT2D eigenvalue weighted by Crippen LogP contribution is 2.25. The van der Waals surface area contributed by atoms with E-state index in [-0.39, 0.29) is 11.5 Å². The van der Waals surface area contributed by atoms with Crippen LogP contribution in [0.5, 0.6) is 0 Å². The summed E-state index contributed by atoms with van der Waals surface area (Å²) in [4.78, 5) is 13.1. The summed E-state index contributed by atoms with van der Waals surface area (Å²) in [6, 6.07) is 0. The van der Waals surface area contributed by atoms with Crippen molar-refractivity contribution >= 4 is 5.78 Å². The maximum absolute atomic E-state index is 11.2. The van der Waals surface area contributed by atoms with Crippen molar-refractivity contribution in [2.24, 2.45) is 0 Å². The third-order valence-electron chi connectivity index (χ3n) is 1.78. The molecule has 0 aromatic rings. The van der Waals surface area contributed by atoms with Gasteiger partial charge in [-0.25, -0.2) is 0 Å². The minimum atomic E-state index is -0.235. The van der Waals surface area contributed by atoms with E-state index in [1.165, 1.54) is 0 Å². The average Bonchev–Trinajstić information content (AvgIpc) is 2.17. The van der Waals surface area contributed by atoms with E-state index in [0.717, 1.165) is 5.57 Å². The molecule has 1 aliphatic carbocycles. The van der Waals surface area contributed by atoms with Crippen LogP contribution in [-0.4, -0.2) is 29.9 Å². The Hall–Kier alpha value is -1.25. The van der Waals surface area contributed by atoms with Gasteiger partial charge in [-0.3, -0.25) is 4.79 Å². The third kappa shape index (κ3) is 1.49. The minimum Gasteiger partial charge on any atom is -0.504 e. The van der Waals surface area contributed by atoms with Crippen molar-refractivity contribution in [3.05, 3.63) is 23.1 Å². The van der Waals surface area contributed by atoms with Crippen molar-refractivity contribution in [1.82, 2.24) is 4.90 Å². The van der Waals surface area contributed by atoms with Crippen molar-refractivity contribution in [3.8, 4) is 0 Å². The average molecular weight is 167 g/mol. The van der Waals surface area contributed by atoms with Crippen LogP contribution in [0.2, 0.25) is 0 Å². The fraction of sp³-hybridized carbons (Fsp3) is 0.444. The smallest absolute Gasteiger partial charge is 0.225 e. The molecule has 1 N–H and O–H groups in total. The predicted octanol–water partition coefficient (Wildman–Crippen LogP) is 1.24. The van der Waals surface area contributed by atoms with Crippen LogP contribution < -0.4 is 0 Å². The van der Waals surface area contributed by atoms with E-state index >= 15 is 0 Å². The number of allylic oxidation sites excluding steroid dienone is 2. The van der Waals surface area contributed by atoms with Crippen LogP contribution in [0, 0.1) is 0 Å². The Kier molecular flexibility index (Phi) is 2.22. The normalized spacial score (nSPS) is 20.9. The van der Waals surface area contributed by atoms with E-state index in [2.05, 4.69) is 0 Å². The summed E-state index contributed by atoms with van der Waals surface area (Å²) in [6.45, 7) is 1.77. The molecule has 12 heavy (non-hydrogen) atoms. The number of Topliss-reactive ketones (excluding diaryl/α,β-unsaturated/α-hetero) is 1. The van der Waals surface area contributed by atoms with Crippen molar-refractivity contribution in [3.63, 3.8) is 0 Å². The second-order valence-corrected chi connectivity index (χ2v) is 3.25. The highest BCUT2D eigenvalue weighted by atomic mass is 16.3. The van der Waals surface area contributed by atoms with Gasteiger partial charge >= 0.3 is 0 Å². The summed E-state index contributed by atoms with van der Waals surface area (Å²) in [5.41, 5.74) is 1.42. The van der Waals surface area contributed by atoms with Gasteiger partial charge in [0.15, 0.2) is 5.76 Å². The topological polar surface area (TPSA) is 40.5 Å². The zero-order chi connectivity index (χ0) is 9.30. The van der Waals surface area contributed by atoms with Gasteiger partial charge in [0.1, 0.15) is 0 Å². The Labute approximate surface area is 72.0 Å². The van der Waals surface area contributed by atoms with Gasteiger partial charge in [0.25, 0.3) is 0 Å². The van der Waals surface area contributed by atoms with Crippen molar-refractivity contribution in [2.75, 3.05) is 14.1 Å². The van der Waals surface area contributed by atoms with E-state index in [9.17, 15) is 9.90 Å². The zero-order valence-electron chi connectivity index (χ0n) is 7.59. The van der Waals surface area contributed by atoms with Crippen molar-refractivity contribution in [1.29, 1.82) is 0 Å². The molecule has 0 heterocycles. The number of hydrogen-bond donors (Lipinski definition) is 1. The second kappa shape index (κ2) is 3.01. The van der Waals surface area contributed by atoms with Crippen LogP contribution in [0.15, 0.2) is 23.1 Å². The highest BCUT2D eigenvalue weighted by molar-refractivity contribution is 6.09. The van der Waals surface area contributed by atoms with Gasteiger partial charge in [-0.2, -0.15) is 0 Å². The Bertz CT molecular complexity index is 274. The first-order valence-corrected chi connectivity index (χ1v) is 3.83. The summed E-state index contributed by atoms with van der Waals surface area (Å²) in [5.74, 6) is -0.315. The number of ketones is 1. The first kappa shape index (κ1) is 8.84. The molecule has 0 saturated carbocycles. The lowest BCUT2D eigenvalue weighted by molar-refractivity contribution is -0.114. The summed E-state index contributed by atoms with van der Waals surface area (Å²) in [5, 5.41) is 9.22. The first-order valence-electron chi connectivity index (χ1n) is 3.83. The van der Waals surface area contributed by atoms with Gasteiger partial charge in [-0.1, -0.05) is 0 Å². The SMILES string of the molecule is CC1=C(O)C(=O)C(=CN(C)C)C1. The van der Waals surface area contributed by atoms with Crippen molar-refractivity contribution in [2.45, 2.75) is 13.3 Å².